The average Bonchev–Trinajstić information content (AvgIpc) is 2.51. The standard InChI is InChI=1S/C15H24N2O4/c1-4-7-21-13-6-5-11(8-14(13)20-3)9-17-15(18)12(16)10-19-2/h5-6,8,12H,4,7,9-10,16H2,1-3H3,(H,17,18). The normalized spacial score (nSPS) is 11.8. The lowest BCUT2D eigenvalue weighted by atomic mass is 10.2. The molecule has 1 aromatic carbocycles. The zero-order valence-electron chi connectivity index (χ0n) is 12.8. The Morgan fingerprint density at radius 1 is 1.33 bits per heavy atom. The van der Waals surface area contributed by atoms with E-state index in [1.165, 1.54) is 7.11 Å². The second-order valence-electron chi connectivity index (χ2n) is 4.61. The Balaban J connectivity index is 2.61. The van der Waals surface area contributed by atoms with E-state index in [9.17, 15) is 4.79 Å². The molecule has 118 valence electrons. The lowest BCUT2D eigenvalue weighted by Crippen LogP contribution is -2.43. The van der Waals surface area contributed by atoms with Crippen molar-refractivity contribution >= 4 is 5.91 Å². The van der Waals surface area contributed by atoms with Gasteiger partial charge in [0.2, 0.25) is 5.91 Å². The molecule has 0 saturated carbocycles. The first-order chi connectivity index (χ1) is 10.1. The monoisotopic (exact) mass is 296 g/mol. The summed E-state index contributed by atoms with van der Waals surface area (Å²) in [5.41, 5.74) is 6.56. The van der Waals surface area contributed by atoms with Crippen molar-refractivity contribution in [2.75, 3.05) is 27.4 Å². The smallest absolute Gasteiger partial charge is 0.239 e. The van der Waals surface area contributed by atoms with Gasteiger partial charge in [-0.1, -0.05) is 13.0 Å². The van der Waals surface area contributed by atoms with Gasteiger partial charge in [-0.05, 0) is 24.1 Å². The van der Waals surface area contributed by atoms with Gasteiger partial charge in [-0.3, -0.25) is 4.79 Å². The molecule has 0 bridgehead atoms. The summed E-state index contributed by atoms with van der Waals surface area (Å²) in [6.45, 7) is 3.25. The molecule has 21 heavy (non-hydrogen) atoms. The van der Waals surface area contributed by atoms with E-state index in [0.29, 0.717) is 24.7 Å². The summed E-state index contributed by atoms with van der Waals surface area (Å²) in [6, 6.07) is 4.90. The van der Waals surface area contributed by atoms with Crippen LogP contribution in [0, 0.1) is 0 Å². The lowest BCUT2D eigenvalue weighted by Gasteiger charge is -2.13. The van der Waals surface area contributed by atoms with Gasteiger partial charge in [0.1, 0.15) is 6.04 Å². The third-order valence-electron chi connectivity index (χ3n) is 2.84. The van der Waals surface area contributed by atoms with Gasteiger partial charge in [-0.15, -0.1) is 0 Å². The zero-order chi connectivity index (χ0) is 15.7. The van der Waals surface area contributed by atoms with Crippen LogP contribution in [-0.2, 0) is 16.1 Å². The largest absolute Gasteiger partial charge is 0.493 e. The van der Waals surface area contributed by atoms with Crippen molar-refractivity contribution in [3.8, 4) is 11.5 Å². The van der Waals surface area contributed by atoms with E-state index in [2.05, 4.69) is 5.32 Å². The van der Waals surface area contributed by atoms with E-state index >= 15 is 0 Å². The number of amides is 1. The Kier molecular flexibility index (Phi) is 7.56. The second kappa shape index (κ2) is 9.20. The van der Waals surface area contributed by atoms with Crippen molar-refractivity contribution < 1.29 is 19.0 Å². The molecule has 0 aromatic heterocycles. The minimum Gasteiger partial charge on any atom is -0.493 e. The first-order valence-electron chi connectivity index (χ1n) is 6.94. The molecule has 6 heteroatoms. The zero-order valence-corrected chi connectivity index (χ0v) is 12.8. The maximum absolute atomic E-state index is 11.7. The Bertz CT molecular complexity index is 451. The van der Waals surface area contributed by atoms with Crippen LogP contribution >= 0.6 is 0 Å². The van der Waals surface area contributed by atoms with Gasteiger partial charge in [0.25, 0.3) is 0 Å². The summed E-state index contributed by atoms with van der Waals surface area (Å²) in [5, 5.41) is 2.76. The van der Waals surface area contributed by atoms with Crippen LogP contribution in [-0.4, -0.2) is 39.4 Å². The van der Waals surface area contributed by atoms with Gasteiger partial charge >= 0.3 is 0 Å². The van der Waals surface area contributed by atoms with E-state index in [0.717, 1.165) is 12.0 Å². The molecule has 1 aromatic rings. The molecule has 3 N–H and O–H groups in total. The number of carbonyl (C=O) groups is 1. The van der Waals surface area contributed by atoms with E-state index in [4.69, 9.17) is 19.9 Å². The van der Waals surface area contributed by atoms with Gasteiger partial charge in [-0.2, -0.15) is 0 Å². The van der Waals surface area contributed by atoms with Crippen LogP contribution in [0.3, 0.4) is 0 Å². The lowest BCUT2D eigenvalue weighted by molar-refractivity contribution is -0.123. The van der Waals surface area contributed by atoms with Gasteiger partial charge in [-0.25, -0.2) is 0 Å². The van der Waals surface area contributed by atoms with Crippen LogP contribution in [0.25, 0.3) is 0 Å². The molecular formula is C15H24N2O4. The van der Waals surface area contributed by atoms with E-state index in [1.54, 1.807) is 7.11 Å². The van der Waals surface area contributed by atoms with E-state index in [1.807, 2.05) is 25.1 Å². The fourth-order valence-corrected chi connectivity index (χ4v) is 1.73. The molecule has 0 aliphatic rings. The minimum absolute atomic E-state index is 0.193. The van der Waals surface area contributed by atoms with Crippen molar-refractivity contribution in [2.24, 2.45) is 5.73 Å². The topological polar surface area (TPSA) is 82.8 Å². The molecule has 0 aliphatic carbocycles. The average molecular weight is 296 g/mol. The number of carbonyl (C=O) groups excluding carboxylic acids is 1. The number of nitrogens with one attached hydrogen (secondary N) is 1. The number of methoxy groups -OCH3 is 2. The van der Waals surface area contributed by atoms with Gasteiger partial charge in [0.05, 0.1) is 20.3 Å². The fraction of sp³-hybridized carbons (Fsp3) is 0.533. The molecule has 6 nitrogen and oxygen atoms in total. The van der Waals surface area contributed by atoms with E-state index in [-0.39, 0.29) is 12.5 Å². The fourth-order valence-electron chi connectivity index (χ4n) is 1.73. The van der Waals surface area contributed by atoms with Gasteiger partial charge < -0.3 is 25.3 Å². The SMILES string of the molecule is CCCOc1ccc(CNC(=O)C(N)COC)cc1OC. The van der Waals surface area contributed by atoms with Crippen LogP contribution in [0.2, 0.25) is 0 Å². The molecular weight excluding hydrogens is 272 g/mol. The van der Waals surface area contributed by atoms with Crippen molar-refractivity contribution in [1.29, 1.82) is 0 Å². The molecule has 1 amide bonds. The summed E-state index contributed by atoms with van der Waals surface area (Å²) >= 11 is 0. The Labute approximate surface area is 125 Å². The molecule has 0 fully saturated rings. The number of nitrogens with two attached hydrogens (primary N) is 1. The summed E-state index contributed by atoms with van der Waals surface area (Å²) in [5.74, 6) is 1.10. The summed E-state index contributed by atoms with van der Waals surface area (Å²) in [4.78, 5) is 11.7. The maximum Gasteiger partial charge on any atom is 0.239 e. The van der Waals surface area contributed by atoms with Crippen molar-refractivity contribution in [1.82, 2.24) is 5.32 Å². The Hall–Kier alpha value is -1.79. The first kappa shape index (κ1) is 17.3. The van der Waals surface area contributed by atoms with Crippen molar-refractivity contribution in [3.63, 3.8) is 0 Å². The Morgan fingerprint density at radius 2 is 2.10 bits per heavy atom. The maximum atomic E-state index is 11.7. The van der Waals surface area contributed by atoms with Crippen molar-refractivity contribution in [2.45, 2.75) is 25.9 Å². The Morgan fingerprint density at radius 3 is 2.71 bits per heavy atom. The van der Waals surface area contributed by atoms with Crippen LogP contribution in [0.15, 0.2) is 18.2 Å². The predicted octanol–water partition coefficient (Wildman–Crippen LogP) is 1.07. The summed E-state index contributed by atoms with van der Waals surface area (Å²) < 4.78 is 15.7. The molecule has 0 aliphatic heterocycles. The number of ether oxygens (including phenoxy) is 3. The van der Waals surface area contributed by atoms with Gasteiger partial charge in [0.15, 0.2) is 11.5 Å². The summed E-state index contributed by atoms with van der Waals surface area (Å²) in [7, 11) is 3.10. The quantitative estimate of drug-likeness (QED) is 0.712. The minimum atomic E-state index is -0.663. The third-order valence-corrected chi connectivity index (χ3v) is 2.84. The summed E-state index contributed by atoms with van der Waals surface area (Å²) in [6.07, 6.45) is 0.929. The number of rotatable bonds is 9. The molecule has 1 atom stereocenters. The van der Waals surface area contributed by atoms with Crippen molar-refractivity contribution in [3.05, 3.63) is 23.8 Å². The van der Waals surface area contributed by atoms with Crippen LogP contribution < -0.4 is 20.5 Å². The van der Waals surface area contributed by atoms with Gasteiger partial charge in [0, 0.05) is 13.7 Å². The number of hydrogen-bond donors (Lipinski definition) is 2. The molecule has 0 heterocycles. The number of hydrogen-bond acceptors (Lipinski definition) is 5. The van der Waals surface area contributed by atoms with Crippen LogP contribution in [0.4, 0.5) is 0 Å². The van der Waals surface area contributed by atoms with Crippen LogP contribution in [0.1, 0.15) is 18.9 Å². The predicted molar refractivity (Wildman–Crippen MR) is 80.5 cm³/mol. The molecule has 0 spiro atoms. The highest BCUT2D eigenvalue weighted by Gasteiger charge is 2.13. The highest BCUT2D eigenvalue weighted by atomic mass is 16.5. The molecule has 1 unspecified atom stereocenters. The first-order valence-corrected chi connectivity index (χ1v) is 6.94. The van der Waals surface area contributed by atoms with E-state index < -0.39 is 6.04 Å². The third kappa shape index (κ3) is 5.61. The van der Waals surface area contributed by atoms with Crippen LogP contribution in [0.5, 0.6) is 11.5 Å². The molecule has 0 saturated heterocycles. The highest BCUT2D eigenvalue weighted by molar-refractivity contribution is 5.81. The second-order valence-corrected chi connectivity index (χ2v) is 4.61. The number of benzene rings is 1. The highest BCUT2D eigenvalue weighted by Crippen LogP contribution is 2.28. The molecule has 0 radical (unpaired) electrons. The molecule has 1 rings (SSSR count).